The number of carbonyl (C=O) groups excluding carboxylic acids is 1. The third-order valence-corrected chi connectivity index (χ3v) is 4.74. The average molecular weight is 339 g/mol. The zero-order chi connectivity index (χ0) is 17.8. The van der Waals surface area contributed by atoms with Gasteiger partial charge in [-0.25, -0.2) is 0 Å². The van der Waals surface area contributed by atoms with Gasteiger partial charge in [-0.05, 0) is 11.1 Å². The first-order valence-electron chi connectivity index (χ1n) is 8.26. The lowest BCUT2D eigenvalue weighted by atomic mass is 9.89. The fraction of sp³-hybridized carbons (Fsp3) is 0.300. The molecule has 0 spiro atoms. The van der Waals surface area contributed by atoms with Crippen LogP contribution in [-0.2, 0) is 14.3 Å². The van der Waals surface area contributed by atoms with Crippen LogP contribution in [0.15, 0.2) is 60.7 Å². The van der Waals surface area contributed by atoms with E-state index in [4.69, 9.17) is 4.74 Å². The van der Waals surface area contributed by atoms with Crippen LogP contribution in [0, 0.1) is 5.92 Å². The predicted octanol–water partition coefficient (Wildman–Crippen LogP) is 2.70. The molecule has 3 atom stereocenters. The Labute approximate surface area is 146 Å². The Morgan fingerprint density at radius 2 is 1.64 bits per heavy atom. The minimum atomic E-state index is -0.877. The van der Waals surface area contributed by atoms with E-state index in [1.807, 2.05) is 60.7 Å². The summed E-state index contributed by atoms with van der Waals surface area (Å²) in [5, 5.41) is 9.59. The fourth-order valence-corrected chi connectivity index (χ4v) is 3.45. The molecule has 0 aliphatic carbocycles. The number of aliphatic carboxylic acids is 1. The van der Waals surface area contributed by atoms with E-state index in [2.05, 4.69) is 0 Å². The van der Waals surface area contributed by atoms with Crippen LogP contribution in [0.4, 0.5) is 0 Å². The number of rotatable bonds is 5. The van der Waals surface area contributed by atoms with Gasteiger partial charge in [0.05, 0.1) is 5.92 Å². The minimum absolute atomic E-state index is 0.195. The van der Waals surface area contributed by atoms with Crippen LogP contribution in [0.5, 0.6) is 0 Å². The molecule has 2 aromatic rings. The summed E-state index contributed by atoms with van der Waals surface area (Å²) in [5.74, 6) is -1.90. The second-order valence-corrected chi connectivity index (χ2v) is 6.23. The number of hydrogen-bond acceptors (Lipinski definition) is 3. The highest BCUT2D eigenvalue weighted by Gasteiger charge is 2.42. The molecule has 130 valence electrons. The van der Waals surface area contributed by atoms with E-state index >= 15 is 0 Å². The first kappa shape index (κ1) is 17.2. The third kappa shape index (κ3) is 3.56. The Hall–Kier alpha value is -2.66. The maximum absolute atomic E-state index is 12.9. The van der Waals surface area contributed by atoms with Gasteiger partial charge in [-0.2, -0.15) is 0 Å². The number of methoxy groups -OCH3 is 1. The van der Waals surface area contributed by atoms with Gasteiger partial charge in [0.25, 0.3) is 5.91 Å². The molecule has 1 saturated heterocycles. The van der Waals surface area contributed by atoms with Gasteiger partial charge in [0.15, 0.2) is 6.10 Å². The molecule has 2 aromatic carbocycles. The number of carbonyl (C=O) groups is 2. The van der Waals surface area contributed by atoms with Crippen molar-refractivity contribution in [3.63, 3.8) is 0 Å². The summed E-state index contributed by atoms with van der Waals surface area (Å²) in [4.78, 5) is 26.2. The lowest BCUT2D eigenvalue weighted by Crippen LogP contribution is -2.35. The monoisotopic (exact) mass is 339 g/mol. The minimum Gasteiger partial charge on any atom is -0.481 e. The largest absolute Gasteiger partial charge is 0.481 e. The summed E-state index contributed by atoms with van der Waals surface area (Å²) in [6.45, 7) is 0.576. The van der Waals surface area contributed by atoms with Crippen molar-refractivity contribution < 1.29 is 19.4 Å². The van der Waals surface area contributed by atoms with Gasteiger partial charge in [-0.15, -0.1) is 0 Å². The number of carboxylic acids is 1. The van der Waals surface area contributed by atoms with E-state index in [1.54, 1.807) is 4.90 Å². The summed E-state index contributed by atoms with van der Waals surface area (Å²) in [6, 6.07) is 18.8. The van der Waals surface area contributed by atoms with Crippen LogP contribution in [0.1, 0.15) is 23.1 Å². The molecule has 1 N–H and O–H groups in total. The van der Waals surface area contributed by atoms with Gasteiger partial charge < -0.3 is 14.7 Å². The molecule has 0 radical (unpaired) electrons. The third-order valence-electron chi connectivity index (χ3n) is 4.74. The fourth-order valence-electron chi connectivity index (χ4n) is 3.45. The summed E-state index contributed by atoms with van der Waals surface area (Å²) in [5.41, 5.74) is 1.71. The topological polar surface area (TPSA) is 66.8 Å². The number of ether oxygens (including phenoxy) is 1. The Bertz CT molecular complexity index is 732. The molecule has 1 heterocycles. The average Bonchev–Trinajstić information content (AvgIpc) is 3.10. The summed E-state index contributed by atoms with van der Waals surface area (Å²) >= 11 is 0. The van der Waals surface area contributed by atoms with Gasteiger partial charge >= 0.3 is 5.97 Å². The SMILES string of the molecule is CO[C@@H](C(=O)N1C[C@H](C(=O)O)[C@H](c2ccccc2)C1)c1ccccc1. The lowest BCUT2D eigenvalue weighted by Gasteiger charge is -2.23. The molecule has 0 bridgehead atoms. The van der Waals surface area contributed by atoms with E-state index in [0.717, 1.165) is 11.1 Å². The standard InChI is InChI=1S/C20H21NO4/c1-25-18(15-10-6-3-7-11-15)19(22)21-12-16(17(13-21)20(23)24)14-8-4-2-5-9-14/h2-11,16-18H,12-13H2,1H3,(H,23,24)/t16-,17-,18+/m0/s1. The smallest absolute Gasteiger partial charge is 0.308 e. The Kier molecular flexibility index (Phi) is 5.14. The Morgan fingerprint density at radius 1 is 1.04 bits per heavy atom. The number of amides is 1. The number of benzene rings is 2. The first-order chi connectivity index (χ1) is 12.1. The molecule has 0 aromatic heterocycles. The van der Waals surface area contributed by atoms with Crippen LogP contribution >= 0.6 is 0 Å². The molecule has 3 rings (SSSR count). The van der Waals surface area contributed by atoms with Gasteiger partial charge in [0.1, 0.15) is 0 Å². The molecule has 25 heavy (non-hydrogen) atoms. The van der Waals surface area contributed by atoms with Crippen molar-refractivity contribution in [3.8, 4) is 0 Å². The molecule has 5 heteroatoms. The molecule has 1 aliphatic heterocycles. The number of nitrogens with zero attached hydrogens (tertiary/aromatic N) is 1. The van der Waals surface area contributed by atoms with Crippen molar-refractivity contribution in [1.82, 2.24) is 4.90 Å². The van der Waals surface area contributed by atoms with Crippen molar-refractivity contribution in [1.29, 1.82) is 0 Å². The maximum Gasteiger partial charge on any atom is 0.308 e. The van der Waals surface area contributed by atoms with E-state index in [0.29, 0.717) is 6.54 Å². The zero-order valence-corrected chi connectivity index (χ0v) is 14.0. The second-order valence-electron chi connectivity index (χ2n) is 6.23. The number of carboxylic acid groups (broad SMARTS) is 1. The van der Waals surface area contributed by atoms with E-state index in [-0.39, 0.29) is 18.4 Å². The highest BCUT2D eigenvalue weighted by atomic mass is 16.5. The molecule has 1 aliphatic rings. The summed E-state index contributed by atoms with van der Waals surface area (Å²) in [6.07, 6.45) is -0.717. The zero-order valence-electron chi connectivity index (χ0n) is 14.0. The predicted molar refractivity (Wildman–Crippen MR) is 93.1 cm³/mol. The molecular weight excluding hydrogens is 318 g/mol. The van der Waals surface area contributed by atoms with Crippen LogP contribution in [0.2, 0.25) is 0 Å². The van der Waals surface area contributed by atoms with Crippen LogP contribution in [0.3, 0.4) is 0 Å². The number of likely N-dealkylation sites (tertiary alicyclic amines) is 1. The van der Waals surface area contributed by atoms with Crippen molar-refractivity contribution >= 4 is 11.9 Å². The molecule has 5 nitrogen and oxygen atoms in total. The Balaban J connectivity index is 1.83. The summed E-state index contributed by atoms with van der Waals surface area (Å²) in [7, 11) is 1.50. The molecule has 1 fully saturated rings. The van der Waals surface area contributed by atoms with Crippen LogP contribution < -0.4 is 0 Å². The molecule has 0 saturated carbocycles. The lowest BCUT2D eigenvalue weighted by molar-refractivity contribution is -0.143. The van der Waals surface area contributed by atoms with Crippen LogP contribution in [0.25, 0.3) is 0 Å². The second kappa shape index (κ2) is 7.49. The van der Waals surface area contributed by atoms with E-state index in [9.17, 15) is 14.7 Å². The molecule has 1 amide bonds. The van der Waals surface area contributed by atoms with E-state index < -0.39 is 18.0 Å². The van der Waals surface area contributed by atoms with Crippen molar-refractivity contribution in [3.05, 3.63) is 71.8 Å². The summed E-state index contributed by atoms with van der Waals surface area (Å²) < 4.78 is 5.41. The van der Waals surface area contributed by atoms with Crippen molar-refractivity contribution in [2.75, 3.05) is 20.2 Å². The Morgan fingerprint density at radius 3 is 2.20 bits per heavy atom. The quantitative estimate of drug-likeness (QED) is 0.909. The van der Waals surface area contributed by atoms with Gasteiger partial charge in [-0.3, -0.25) is 9.59 Å². The molecule has 0 unspecified atom stereocenters. The molecular formula is C20H21NO4. The number of hydrogen-bond donors (Lipinski definition) is 1. The maximum atomic E-state index is 12.9. The van der Waals surface area contributed by atoms with E-state index in [1.165, 1.54) is 7.11 Å². The van der Waals surface area contributed by atoms with Gasteiger partial charge in [-0.1, -0.05) is 60.7 Å². The first-order valence-corrected chi connectivity index (χ1v) is 8.26. The van der Waals surface area contributed by atoms with Gasteiger partial charge in [0, 0.05) is 26.1 Å². The van der Waals surface area contributed by atoms with Crippen molar-refractivity contribution in [2.45, 2.75) is 12.0 Å². The van der Waals surface area contributed by atoms with Crippen molar-refractivity contribution in [2.24, 2.45) is 5.92 Å². The normalized spacial score (nSPS) is 21.1. The van der Waals surface area contributed by atoms with Gasteiger partial charge in [0.2, 0.25) is 0 Å². The highest BCUT2D eigenvalue weighted by Crippen LogP contribution is 2.34. The highest BCUT2D eigenvalue weighted by molar-refractivity contribution is 5.84. The van der Waals surface area contributed by atoms with Crippen LogP contribution in [-0.4, -0.2) is 42.1 Å².